The minimum atomic E-state index is -1.08. The van der Waals surface area contributed by atoms with E-state index in [0.717, 1.165) is 0 Å². The van der Waals surface area contributed by atoms with Gasteiger partial charge in [0.15, 0.2) is 0 Å². The van der Waals surface area contributed by atoms with Crippen LogP contribution in [0.5, 0.6) is 0 Å². The highest BCUT2D eigenvalue weighted by atomic mass is 19.1. The molecule has 4 heteroatoms. The fourth-order valence-electron chi connectivity index (χ4n) is 2.01. The first-order chi connectivity index (χ1) is 9.13. The third-order valence-electron chi connectivity index (χ3n) is 2.93. The molecule has 0 amide bonds. The molecule has 1 N–H and O–H groups in total. The van der Waals surface area contributed by atoms with Crippen LogP contribution in [-0.2, 0) is 0 Å². The van der Waals surface area contributed by atoms with Crippen molar-refractivity contribution in [3.63, 3.8) is 0 Å². The Hall–Kier alpha value is -2.20. The lowest BCUT2D eigenvalue weighted by Gasteiger charge is -2.07. The van der Waals surface area contributed by atoms with E-state index in [9.17, 15) is 13.9 Å². The number of aliphatic hydroxyl groups excluding tert-OH is 1. The Labute approximate surface area is 107 Å². The zero-order valence-corrected chi connectivity index (χ0v) is 9.81. The molecular formula is C15H10F2O2. The van der Waals surface area contributed by atoms with Crippen LogP contribution in [0, 0.1) is 11.6 Å². The molecule has 96 valence electrons. The Morgan fingerprint density at radius 2 is 1.74 bits per heavy atom. The number of hydrogen-bond acceptors (Lipinski definition) is 2. The monoisotopic (exact) mass is 260 g/mol. The molecule has 0 saturated carbocycles. The second-order valence-corrected chi connectivity index (χ2v) is 4.29. The third-order valence-corrected chi connectivity index (χ3v) is 2.93. The van der Waals surface area contributed by atoms with Crippen LogP contribution in [0.3, 0.4) is 0 Å². The summed E-state index contributed by atoms with van der Waals surface area (Å²) in [5.74, 6) is -0.551. The van der Waals surface area contributed by atoms with Gasteiger partial charge in [0.25, 0.3) is 0 Å². The second kappa shape index (κ2) is 4.48. The first-order valence-corrected chi connectivity index (χ1v) is 5.76. The van der Waals surface area contributed by atoms with E-state index in [-0.39, 0.29) is 11.6 Å². The van der Waals surface area contributed by atoms with Gasteiger partial charge >= 0.3 is 0 Å². The first-order valence-electron chi connectivity index (χ1n) is 5.76. The van der Waals surface area contributed by atoms with Gasteiger partial charge in [0, 0.05) is 5.39 Å². The molecule has 1 heterocycles. The Bertz CT molecular complexity index is 734. The lowest BCUT2D eigenvalue weighted by Crippen LogP contribution is -1.98. The average molecular weight is 260 g/mol. The van der Waals surface area contributed by atoms with Gasteiger partial charge in [-0.2, -0.15) is 0 Å². The van der Waals surface area contributed by atoms with Crippen LogP contribution < -0.4 is 0 Å². The lowest BCUT2D eigenvalue weighted by molar-refractivity contribution is 0.192. The zero-order valence-electron chi connectivity index (χ0n) is 9.81. The third kappa shape index (κ3) is 2.22. The number of halogens is 2. The summed E-state index contributed by atoms with van der Waals surface area (Å²) in [4.78, 5) is 0. The Morgan fingerprint density at radius 1 is 0.947 bits per heavy atom. The average Bonchev–Trinajstić information content (AvgIpc) is 2.80. The largest absolute Gasteiger partial charge is 0.458 e. The normalized spacial score (nSPS) is 12.8. The van der Waals surface area contributed by atoms with Crippen molar-refractivity contribution in [3.05, 3.63) is 71.5 Å². The van der Waals surface area contributed by atoms with Crippen molar-refractivity contribution in [2.24, 2.45) is 0 Å². The van der Waals surface area contributed by atoms with Gasteiger partial charge in [-0.05, 0) is 42.0 Å². The van der Waals surface area contributed by atoms with E-state index in [1.54, 1.807) is 12.1 Å². The summed E-state index contributed by atoms with van der Waals surface area (Å²) in [6.45, 7) is 0. The van der Waals surface area contributed by atoms with Gasteiger partial charge < -0.3 is 9.52 Å². The van der Waals surface area contributed by atoms with Gasteiger partial charge in [0.2, 0.25) is 0 Å². The smallest absolute Gasteiger partial charge is 0.138 e. The predicted octanol–water partition coefficient (Wildman–Crippen LogP) is 3.79. The van der Waals surface area contributed by atoms with Crippen molar-refractivity contribution in [2.45, 2.75) is 6.10 Å². The fourth-order valence-corrected chi connectivity index (χ4v) is 2.01. The number of aliphatic hydroxyl groups is 1. The van der Waals surface area contributed by atoms with Gasteiger partial charge in [-0.1, -0.05) is 12.1 Å². The van der Waals surface area contributed by atoms with E-state index < -0.39 is 11.9 Å². The number of benzene rings is 2. The molecule has 3 aromatic rings. The number of hydrogen-bond donors (Lipinski definition) is 1. The molecule has 2 nitrogen and oxygen atoms in total. The van der Waals surface area contributed by atoms with Crippen LogP contribution in [-0.4, -0.2) is 5.11 Å². The molecule has 1 aromatic heterocycles. The van der Waals surface area contributed by atoms with Crippen molar-refractivity contribution in [2.75, 3.05) is 0 Å². The van der Waals surface area contributed by atoms with Gasteiger partial charge in [-0.3, -0.25) is 0 Å². The van der Waals surface area contributed by atoms with Crippen LogP contribution in [0.15, 0.2) is 52.9 Å². The Morgan fingerprint density at radius 3 is 2.53 bits per heavy atom. The summed E-state index contributed by atoms with van der Waals surface area (Å²) in [6.07, 6.45) is -1.08. The van der Waals surface area contributed by atoms with Crippen molar-refractivity contribution in [1.29, 1.82) is 0 Å². The molecule has 0 spiro atoms. The van der Waals surface area contributed by atoms with Crippen LogP contribution in [0.4, 0.5) is 8.78 Å². The maximum Gasteiger partial charge on any atom is 0.138 e. The lowest BCUT2D eigenvalue weighted by atomic mass is 10.1. The summed E-state index contributed by atoms with van der Waals surface area (Å²) < 4.78 is 31.6. The van der Waals surface area contributed by atoms with Gasteiger partial charge in [-0.25, -0.2) is 8.78 Å². The molecule has 3 rings (SSSR count). The van der Waals surface area contributed by atoms with Gasteiger partial charge in [0.1, 0.15) is 29.1 Å². The molecule has 19 heavy (non-hydrogen) atoms. The maximum absolute atomic E-state index is 13.1. The number of fused-ring (bicyclic) bond motifs is 1. The molecular weight excluding hydrogens is 250 g/mol. The summed E-state index contributed by atoms with van der Waals surface area (Å²) >= 11 is 0. The Balaban J connectivity index is 2.04. The van der Waals surface area contributed by atoms with Crippen molar-refractivity contribution < 1.29 is 18.3 Å². The van der Waals surface area contributed by atoms with E-state index in [1.807, 2.05) is 0 Å². The molecule has 0 bridgehead atoms. The van der Waals surface area contributed by atoms with Crippen LogP contribution in [0.25, 0.3) is 11.0 Å². The van der Waals surface area contributed by atoms with E-state index in [4.69, 9.17) is 4.42 Å². The maximum atomic E-state index is 13.1. The molecule has 0 aliphatic carbocycles. The minimum Gasteiger partial charge on any atom is -0.458 e. The summed E-state index contributed by atoms with van der Waals surface area (Å²) in [7, 11) is 0. The van der Waals surface area contributed by atoms with E-state index >= 15 is 0 Å². The van der Waals surface area contributed by atoms with Crippen molar-refractivity contribution >= 4 is 11.0 Å². The molecule has 2 aromatic carbocycles. The second-order valence-electron chi connectivity index (χ2n) is 4.29. The number of rotatable bonds is 2. The zero-order chi connectivity index (χ0) is 13.4. The highest BCUT2D eigenvalue weighted by molar-refractivity contribution is 5.78. The predicted molar refractivity (Wildman–Crippen MR) is 66.6 cm³/mol. The van der Waals surface area contributed by atoms with Gasteiger partial charge in [0.05, 0.1) is 0 Å². The molecule has 1 atom stereocenters. The first kappa shape index (κ1) is 11.9. The molecule has 0 fully saturated rings. The highest BCUT2D eigenvalue weighted by Gasteiger charge is 2.16. The highest BCUT2D eigenvalue weighted by Crippen LogP contribution is 2.28. The summed E-state index contributed by atoms with van der Waals surface area (Å²) in [6, 6.07) is 11.3. The fraction of sp³-hybridized carbons (Fsp3) is 0.0667. The molecule has 0 saturated heterocycles. The van der Waals surface area contributed by atoms with E-state index in [0.29, 0.717) is 16.5 Å². The SMILES string of the molecule is OC(c1cccc(F)c1)c1cc2cc(F)ccc2o1. The summed E-state index contributed by atoms with van der Waals surface area (Å²) in [5.41, 5.74) is 0.867. The quantitative estimate of drug-likeness (QED) is 0.760. The standard InChI is InChI=1S/C15H10F2O2/c16-11-3-1-2-9(6-11)15(18)14-8-10-7-12(17)4-5-13(10)19-14/h1-8,15,18H. The van der Waals surface area contributed by atoms with Crippen LogP contribution >= 0.6 is 0 Å². The molecule has 0 aliphatic rings. The Kier molecular flexibility index (Phi) is 2.80. The van der Waals surface area contributed by atoms with Crippen molar-refractivity contribution in [1.82, 2.24) is 0 Å². The van der Waals surface area contributed by atoms with E-state index in [2.05, 4.69) is 0 Å². The van der Waals surface area contributed by atoms with Crippen molar-refractivity contribution in [3.8, 4) is 0 Å². The molecule has 0 radical (unpaired) electrons. The number of furan rings is 1. The van der Waals surface area contributed by atoms with Crippen LogP contribution in [0.2, 0.25) is 0 Å². The topological polar surface area (TPSA) is 33.4 Å². The molecule has 1 unspecified atom stereocenters. The van der Waals surface area contributed by atoms with Gasteiger partial charge in [-0.15, -0.1) is 0 Å². The van der Waals surface area contributed by atoms with E-state index in [1.165, 1.54) is 36.4 Å². The minimum absolute atomic E-state index is 0.256. The summed E-state index contributed by atoms with van der Waals surface area (Å²) in [5, 5.41) is 10.7. The van der Waals surface area contributed by atoms with Crippen LogP contribution in [0.1, 0.15) is 17.4 Å². The molecule has 0 aliphatic heterocycles.